The number of benzene rings is 2. The van der Waals surface area contributed by atoms with Crippen molar-refractivity contribution in [2.24, 2.45) is 0 Å². The SMILES string of the molecule is Cc1ccccc1C(=O)N(C)Cc1ccc(F)c(F)c1. The van der Waals surface area contributed by atoms with E-state index in [1.807, 2.05) is 19.1 Å². The lowest BCUT2D eigenvalue weighted by Crippen LogP contribution is -2.26. The highest BCUT2D eigenvalue weighted by atomic mass is 19.2. The molecule has 0 unspecified atom stereocenters. The van der Waals surface area contributed by atoms with Crippen molar-refractivity contribution < 1.29 is 13.6 Å². The first-order chi connectivity index (χ1) is 9.49. The Bertz CT molecular complexity index is 640. The van der Waals surface area contributed by atoms with Gasteiger partial charge in [-0.1, -0.05) is 24.3 Å². The van der Waals surface area contributed by atoms with Crippen LogP contribution in [-0.2, 0) is 6.54 Å². The maximum Gasteiger partial charge on any atom is 0.254 e. The topological polar surface area (TPSA) is 20.3 Å². The minimum absolute atomic E-state index is 0.146. The lowest BCUT2D eigenvalue weighted by molar-refractivity contribution is 0.0784. The maximum atomic E-state index is 13.1. The van der Waals surface area contributed by atoms with Crippen molar-refractivity contribution in [2.75, 3.05) is 7.05 Å². The van der Waals surface area contributed by atoms with Crippen LogP contribution in [-0.4, -0.2) is 17.9 Å². The molecule has 0 saturated heterocycles. The van der Waals surface area contributed by atoms with Crippen molar-refractivity contribution in [2.45, 2.75) is 13.5 Å². The Kier molecular flexibility index (Phi) is 4.13. The van der Waals surface area contributed by atoms with Crippen LogP contribution in [0.2, 0.25) is 0 Å². The van der Waals surface area contributed by atoms with Crippen LogP contribution in [0.4, 0.5) is 8.78 Å². The molecule has 0 aliphatic heterocycles. The Labute approximate surface area is 116 Å². The van der Waals surface area contributed by atoms with Crippen LogP contribution in [0.25, 0.3) is 0 Å². The van der Waals surface area contributed by atoms with Gasteiger partial charge in [0.15, 0.2) is 11.6 Å². The fourth-order valence-corrected chi connectivity index (χ4v) is 2.00. The maximum absolute atomic E-state index is 13.1. The second-order valence-corrected chi connectivity index (χ2v) is 4.72. The normalized spacial score (nSPS) is 10.4. The Balaban J connectivity index is 2.15. The molecule has 20 heavy (non-hydrogen) atoms. The van der Waals surface area contributed by atoms with Crippen molar-refractivity contribution in [3.63, 3.8) is 0 Å². The number of carbonyl (C=O) groups is 1. The summed E-state index contributed by atoms with van der Waals surface area (Å²) in [5.74, 6) is -1.94. The molecular weight excluding hydrogens is 260 g/mol. The fraction of sp³-hybridized carbons (Fsp3) is 0.188. The first-order valence-corrected chi connectivity index (χ1v) is 6.24. The lowest BCUT2D eigenvalue weighted by atomic mass is 10.1. The zero-order chi connectivity index (χ0) is 14.7. The smallest absolute Gasteiger partial charge is 0.254 e. The highest BCUT2D eigenvalue weighted by Crippen LogP contribution is 2.14. The first kappa shape index (κ1) is 14.2. The third-order valence-electron chi connectivity index (χ3n) is 3.13. The van der Waals surface area contributed by atoms with Gasteiger partial charge in [-0.05, 0) is 36.2 Å². The first-order valence-electron chi connectivity index (χ1n) is 6.24. The van der Waals surface area contributed by atoms with E-state index < -0.39 is 11.6 Å². The molecule has 2 rings (SSSR count). The molecule has 4 heteroatoms. The summed E-state index contributed by atoms with van der Waals surface area (Å²) in [5.41, 5.74) is 2.04. The third kappa shape index (κ3) is 3.02. The molecule has 0 saturated carbocycles. The van der Waals surface area contributed by atoms with E-state index in [4.69, 9.17) is 0 Å². The predicted molar refractivity (Wildman–Crippen MR) is 73.3 cm³/mol. The van der Waals surface area contributed by atoms with Gasteiger partial charge in [-0.15, -0.1) is 0 Å². The summed E-state index contributed by atoms with van der Waals surface area (Å²) in [7, 11) is 1.63. The van der Waals surface area contributed by atoms with E-state index in [0.29, 0.717) is 11.1 Å². The predicted octanol–water partition coefficient (Wildman–Crippen LogP) is 3.55. The van der Waals surface area contributed by atoms with Crippen LogP contribution in [0.1, 0.15) is 21.5 Å². The average molecular weight is 275 g/mol. The van der Waals surface area contributed by atoms with Crippen molar-refractivity contribution in [3.05, 3.63) is 70.8 Å². The molecule has 0 heterocycles. The van der Waals surface area contributed by atoms with E-state index >= 15 is 0 Å². The molecule has 0 N–H and O–H groups in total. The molecule has 2 nitrogen and oxygen atoms in total. The van der Waals surface area contributed by atoms with Gasteiger partial charge in [-0.2, -0.15) is 0 Å². The molecule has 0 radical (unpaired) electrons. The molecule has 2 aromatic rings. The van der Waals surface area contributed by atoms with Gasteiger partial charge in [0.1, 0.15) is 0 Å². The van der Waals surface area contributed by atoms with Crippen LogP contribution in [0.3, 0.4) is 0 Å². The summed E-state index contributed by atoms with van der Waals surface area (Å²) in [6, 6.07) is 10.9. The number of aryl methyl sites for hydroxylation is 1. The molecule has 0 aliphatic carbocycles. The van der Waals surface area contributed by atoms with Gasteiger partial charge in [-0.25, -0.2) is 8.78 Å². The number of rotatable bonds is 3. The molecule has 0 atom stereocenters. The van der Waals surface area contributed by atoms with E-state index in [0.717, 1.165) is 17.7 Å². The monoisotopic (exact) mass is 275 g/mol. The van der Waals surface area contributed by atoms with Crippen LogP contribution < -0.4 is 0 Å². The van der Waals surface area contributed by atoms with Gasteiger partial charge in [0.2, 0.25) is 0 Å². The van der Waals surface area contributed by atoms with E-state index in [1.165, 1.54) is 11.0 Å². The summed E-state index contributed by atoms with van der Waals surface area (Å²) in [4.78, 5) is 13.8. The van der Waals surface area contributed by atoms with Crippen molar-refractivity contribution in [1.29, 1.82) is 0 Å². The van der Waals surface area contributed by atoms with Crippen LogP contribution >= 0.6 is 0 Å². The van der Waals surface area contributed by atoms with Crippen molar-refractivity contribution >= 4 is 5.91 Å². The highest BCUT2D eigenvalue weighted by molar-refractivity contribution is 5.95. The molecule has 2 aromatic carbocycles. The summed E-state index contributed by atoms with van der Waals surface area (Å²) < 4.78 is 26.0. The van der Waals surface area contributed by atoms with Crippen molar-refractivity contribution in [3.8, 4) is 0 Å². The Hall–Kier alpha value is -2.23. The largest absolute Gasteiger partial charge is 0.337 e. The van der Waals surface area contributed by atoms with Gasteiger partial charge >= 0.3 is 0 Å². The number of hydrogen-bond donors (Lipinski definition) is 0. The third-order valence-corrected chi connectivity index (χ3v) is 3.13. The Morgan fingerprint density at radius 2 is 1.80 bits per heavy atom. The van der Waals surface area contributed by atoms with Gasteiger partial charge in [0.25, 0.3) is 5.91 Å². The summed E-state index contributed by atoms with van der Waals surface area (Å²) in [6.07, 6.45) is 0. The summed E-state index contributed by atoms with van der Waals surface area (Å²) in [5, 5.41) is 0. The highest BCUT2D eigenvalue weighted by Gasteiger charge is 2.14. The molecule has 0 aliphatic rings. The van der Waals surface area contributed by atoms with Gasteiger partial charge < -0.3 is 4.90 Å². The molecule has 0 aromatic heterocycles. The second kappa shape index (κ2) is 5.82. The number of amides is 1. The summed E-state index contributed by atoms with van der Waals surface area (Å²) in [6.45, 7) is 2.09. The lowest BCUT2D eigenvalue weighted by Gasteiger charge is -2.18. The quantitative estimate of drug-likeness (QED) is 0.839. The molecule has 0 bridgehead atoms. The average Bonchev–Trinajstić information content (AvgIpc) is 2.42. The zero-order valence-corrected chi connectivity index (χ0v) is 11.4. The molecule has 104 valence electrons. The molecule has 1 amide bonds. The van der Waals surface area contributed by atoms with E-state index in [9.17, 15) is 13.6 Å². The Morgan fingerprint density at radius 3 is 2.45 bits per heavy atom. The Morgan fingerprint density at radius 1 is 1.10 bits per heavy atom. The van der Waals surface area contributed by atoms with Crippen LogP contribution in [0.15, 0.2) is 42.5 Å². The zero-order valence-electron chi connectivity index (χ0n) is 11.4. The van der Waals surface area contributed by atoms with Crippen LogP contribution in [0, 0.1) is 18.6 Å². The van der Waals surface area contributed by atoms with Gasteiger partial charge in [-0.3, -0.25) is 4.79 Å². The van der Waals surface area contributed by atoms with Crippen LogP contribution in [0.5, 0.6) is 0 Å². The van der Waals surface area contributed by atoms with E-state index in [1.54, 1.807) is 19.2 Å². The van der Waals surface area contributed by atoms with Crippen molar-refractivity contribution in [1.82, 2.24) is 4.90 Å². The minimum Gasteiger partial charge on any atom is -0.337 e. The van der Waals surface area contributed by atoms with E-state index in [2.05, 4.69) is 0 Å². The van der Waals surface area contributed by atoms with Gasteiger partial charge in [0, 0.05) is 19.2 Å². The summed E-state index contributed by atoms with van der Waals surface area (Å²) >= 11 is 0. The van der Waals surface area contributed by atoms with Gasteiger partial charge in [0.05, 0.1) is 0 Å². The fourth-order valence-electron chi connectivity index (χ4n) is 2.00. The number of hydrogen-bond acceptors (Lipinski definition) is 1. The molecule has 0 fully saturated rings. The molecular formula is C16H15F2NO. The van der Waals surface area contributed by atoms with E-state index in [-0.39, 0.29) is 12.5 Å². The standard InChI is InChI=1S/C16H15F2NO/c1-11-5-3-4-6-13(11)16(20)19(2)10-12-7-8-14(17)15(18)9-12/h3-9H,10H2,1-2H3. The number of nitrogens with zero attached hydrogens (tertiary/aromatic N) is 1. The second-order valence-electron chi connectivity index (χ2n) is 4.72. The number of halogens is 2. The molecule has 0 spiro atoms. The minimum atomic E-state index is -0.903. The number of carbonyl (C=O) groups excluding carboxylic acids is 1.